The van der Waals surface area contributed by atoms with E-state index in [0.717, 1.165) is 59.0 Å². The molecule has 4 aromatic rings. The number of fused-ring (bicyclic) bond motifs is 1. The van der Waals surface area contributed by atoms with Gasteiger partial charge in [0.15, 0.2) is 6.23 Å². The number of anilines is 1. The van der Waals surface area contributed by atoms with Gasteiger partial charge in [-0.3, -0.25) is 15.2 Å². The van der Waals surface area contributed by atoms with E-state index in [2.05, 4.69) is 32.9 Å². The summed E-state index contributed by atoms with van der Waals surface area (Å²) in [6, 6.07) is 12.6. The van der Waals surface area contributed by atoms with Crippen LogP contribution in [-0.2, 0) is 21.3 Å². The van der Waals surface area contributed by atoms with E-state index < -0.39 is 22.3 Å². The Hall–Kier alpha value is -2.97. The molecule has 0 aliphatic carbocycles. The highest BCUT2D eigenvalue weighted by Gasteiger charge is 2.39. The van der Waals surface area contributed by atoms with Crippen LogP contribution in [0.25, 0.3) is 22.4 Å². The average molecular weight is 601 g/mol. The number of aromatic nitrogens is 3. The molecule has 1 unspecified atom stereocenters. The summed E-state index contributed by atoms with van der Waals surface area (Å²) in [6.45, 7) is 4.73. The first-order valence-corrected chi connectivity index (χ1v) is 16.8. The minimum Gasteiger partial charge on any atom is -0.428 e. The van der Waals surface area contributed by atoms with Crippen LogP contribution in [0.5, 0.6) is 0 Å². The predicted molar refractivity (Wildman–Crippen MR) is 160 cm³/mol. The van der Waals surface area contributed by atoms with Gasteiger partial charge in [-0.25, -0.2) is 18.2 Å². The second-order valence-corrected chi connectivity index (χ2v) is 13.3. The van der Waals surface area contributed by atoms with Gasteiger partial charge in [0.1, 0.15) is 10.0 Å². The molecule has 4 heterocycles. The number of hydrogen-bond acceptors (Lipinski definition) is 9. The van der Waals surface area contributed by atoms with Crippen LogP contribution in [0, 0.1) is 0 Å². The van der Waals surface area contributed by atoms with Gasteiger partial charge in [0.2, 0.25) is 0 Å². The van der Waals surface area contributed by atoms with E-state index in [9.17, 15) is 13.2 Å². The van der Waals surface area contributed by atoms with E-state index in [1.54, 1.807) is 53.8 Å². The number of aryl methyl sites for hydroxylation is 1. The summed E-state index contributed by atoms with van der Waals surface area (Å²) in [4.78, 5) is 24.1. The van der Waals surface area contributed by atoms with Crippen molar-refractivity contribution >= 4 is 55.9 Å². The summed E-state index contributed by atoms with van der Waals surface area (Å²) in [5, 5.41) is 4.51. The second kappa shape index (κ2) is 12.7. The fraction of sp³-hybridized carbons (Fsp3) is 0.370. The van der Waals surface area contributed by atoms with Gasteiger partial charge < -0.3 is 9.30 Å². The van der Waals surface area contributed by atoms with Gasteiger partial charge in [-0.15, -0.1) is 11.3 Å². The Labute approximate surface area is 242 Å². The van der Waals surface area contributed by atoms with Gasteiger partial charge in [-0.2, -0.15) is 16.1 Å². The lowest BCUT2D eigenvalue weighted by molar-refractivity contribution is -0.0161. The Morgan fingerprint density at radius 2 is 2.02 bits per heavy atom. The molecule has 40 heavy (non-hydrogen) atoms. The molecule has 0 radical (unpaired) electrons. The predicted octanol–water partition coefficient (Wildman–Crippen LogP) is 4.81. The van der Waals surface area contributed by atoms with Crippen molar-refractivity contribution < 1.29 is 17.9 Å². The minimum atomic E-state index is -3.80. The summed E-state index contributed by atoms with van der Waals surface area (Å²) < 4.78 is 36.2. The van der Waals surface area contributed by atoms with Crippen molar-refractivity contribution in [2.45, 2.75) is 30.3 Å². The van der Waals surface area contributed by atoms with Gasteiger partial charge in [0.25, 0.3) is 10.0 Å². The summed E-state index contributed by atoms with van der Waals surface area (Å²) >= 11 is 2.93. The zero-order valence-corrected chi connectivity index (χ0v) is 24.8. The highest BCUT2D eigenvalue weighted by molar-refractivity contribution is 7.98. The maximum atomic E-state index is 13.4. The molecule has 1 N–H and O–H groups in total. The number of imidazole rings is 1. The van der Waals surface area contributed by atoms with Gasteiger partial charge in [-0.05, 0) is 73.7 Å². The first-order chi connectivity index (χ1) is 19.4. The SMILES string of the molecule is CCn1c(-c2ccncc2)nc2cc(NC(=O)OC3CN(CCCSC)CCN3S(=O)(=O)c3cccs3)ccc21. The molecule has 1 atom stereocenters. The van der Waals surface area contributed by atoms with E-state index in [-0.39, 0.29) is 10.8 Å². The number of hydrogen-bond donors (Lipinski definition) is 1. The number of piperazine rings is 1. The van der Waals surface area contributed by atoms with E-state index in [1.807, 2.05) is 18.2 Å². The van der Waals surface area contributed by atoms with Crippen molar-refractivity contribution in [3.8, 4) is 11.4 Å². The Kier molecular flexibility index (Phi) is 9.06. The third-order valence-electron chi connectivity index (χ3n) is 6.75. The first-order valence-electron chi connectivity index (χ1n) is 13.1. The third kappa shape index (κ3) is 6.18. The topological polar surface area (TPSA) is 110 Å². The smallest absolute Gasteiger partial charge is 0.413 e. The van der Waals surface area contributed by atoms with Crippen molar-refractivity contribution in [2.75, 3.05) is 43.5 Å². The molecule has 0 saturated carbocycles. The monoisotopic (exact) mass is 600 g/mol. The molecule has 3 aromatic heterocycles. The fourth-order valence-corrected chi connectivity index (χ4v) is 7.87. The number of carbonyl (C=O) groups is 1. The van der Waals surface area contributed by atoms with Crippen molar-refractivity contribution in [3.63, 3.8) is 0 Å². The molecule has 5 rings (SSSR count). The number of ether oxygens (including phenoxy) is 1. The molecule has 212 valence electrons. The zero-order valence-electron chi connectivity index (χ0n) is 22.4. The number of thiophene rings is 1. The van der Waals surface area contributed by atoms with Crippen molar-refractivity contribution in [3.05, 3.63) is 60.2 Å². The van der Waals surface area contributed by atoms with Crippen molar-refractivity contribution in [1.82, 2.24) is 23.7 Å². The minimum absolute atomic E-state index is 0.235. The molecule has 0 bridgehead atoms. The number of rotatable bonds is 10. The van der Waals surface area contributed by atoms with Crippen LogP contribution in [0.2, 0.25) is 0 Å². The lowest BCUT2D eigenvalue weighted by atomic mass is 10.2. The van der Waals surface area contributed by atoms with Crippen molar-refractivity contribution in [1.29, 1.82) is 0 Å². The standard InChI is InChI=1S/C27H32N6O4S3/c1-3-32-23-8-7-21(18-22(23)30-26(32)20-9-11-28-12-10-20)29-27(34)37-24-19-31(13-5-16-38-2)14-15-33(24)40(35,36)25-6-4-17-39-25/h4,6-12,17-18,24H,3,5,13-16,19H2,1-2H3,(H,29,34). The summed E-state index contributed by atoms with van der Waals surface area (Å²) in [6.07, 6.45) is 4.83. The summed E-state index contributed by atoms with van der Waals surface area (Å²) in [5.74, 6) is 1.83. The first kappa shape index (κ1) is 28.6. The van der Waals surface area contributed by atoms with Crippen LogP contribution in [-0.4, -0.2) is 82.7 Å². The van der Waals surface area contributed by atoms with Crippen LogP contribution < -0.4 is 5.32 Å². The van der Waals surface area contributed by atoms with E-state index in [0.29, 0.717) is 18.8 Å². The maximum Gasteiger partial charge on any atom is 0.413 e. The normalized spacial score (nSPS) is 16.8. The molecule has 1 aromatic carbocycles. The lowest BCUT2D eigenvalue weighted by Crippen LogP contribution is -2.56. The molecule has 1 amide bonds. The average Bonchev–Trinajstić information content (AvgIpc) is 3.62. The molecule has 13 heteroatoms. The van der Waals surface area contributed by atoms with Gasteiger partial charge in [0, 0.05) is 43.3 Å². The summed E-state index contributed by atoms with van der Waals surface area (Å²) in [5.41, 5.74) is 3.13. The highest BCUT2D eigenvalue weighted by Crippen LogP contribution is 2.28. The molecule has 1 saturated heterocycles. The largest absolute Gasteiger partial charge is 0.428 e. The number of sulfonamides is 1. The zero-order chi connectivity index (χ0) is 28.1. The molecule has 1 aliphatic rings. The number of nitrogens with zero attached hydrogens (tertiary/aromatic N) is 5. The molecular formula is C27H32N6O4S3. The third-order valence-corrected chi connectivity index (χ3v) is 10.7. The highest BCUT2D eigenvalue weighted by atomic mass is 32.2. The molecular weight excluding hydrogens is 569 g/mol. The van der Waals surface area contributed by atoms with E-state index >= 15 is 0 Å². The molecule has 10 nitrogen and oxygen atoms in total. The molecule has 0 spiro atoms. The number of pyridine rings is 1. The van der Waals surface area contributed by atoms with E-state index in [4.69, 9.17) is 9.72 Å². The van der Waals surface area contributed by atoms with Crippen LogP contribution in [0.1, 0.15) is 13.3 Å². The number of amides is 1. The summed E-state index contributed by atoms with van der Waals surface area (Å²) in [7, 11) is -3.80. The van der Waals surface area contributed by atoms with Crippen LogP contribution in [0.15, 0.2) is 64.4 Å². The fourth-order valence-electron chi connectivity index (χ4n) is 4.84. The number of carbonyl (C=O) groups excluding carboxylic acids is 1. The van der Waals surface area contributed by atoms with Crippen molar-refractivity contribution in [2.24, 2.45) is 0 Å². The second-order valence-electron chi connectivity index (χ2n) is 9.30. The Morgan fingerprint density at radius 3 is 2.75 bits per heavy atom. The van der Waals surface area contributed by atoms with E-state index in [1.165, 1.54) is 4.31 Å². The quantitative estimate of drug-likeness (QED) is 0.258. The number of benzene rings is 1. The van der Waals surface area contributed by atoms with Crippen LogP contribution in [0.4, 0.5) is 10.5 Å². The van der Waals surface area contributed by atoms with Crippen LogP contribution in [0.3, 0.4) is 0 Å². The number of thioether (sulfide) groups is 1. The molecule has 1 fully saturated rings. The van der Waals surface area contributed by atoms with Gasteiger partial charge in [-0.1, -0.05) is 6.07 Å². The van der Waals surface area contributed by atoms with Crippen LogP contribution >= 0.6 is 23.1 Å². The lowest BCUT2D eigenvalue weighted by Gasteiger charge is -2.39. The van der Waals surface area contributed by atoms with Gasteiger partial charge in [0.05, 0.1) is 17.6 Å². The number of nitrogens with one attached hydrogen (secondary N) is 1. The molecule has 1 aliphatic heterocycles. The Morgan fingerprint density at radius 1 is 1.20 bits per heavy atom. The Bertz CT molecular complexity index is 1540. The Balaban J connectivity index is 1.34. The maximum absolute atomic E-state index is 13.4. The van der Waals surface area contributed by atoms with Gasteiger partial charge >= 0.3 is 6.09 Å².